The summed E-state index contributed by atoms with van der Waals surface area (Å²) in [5.41, 5.74) is 1.37. The molecule has 1 heterocycles. The van der Waals surface area contributed by atoms with Gasteiger partial charge in [0.2, 0.25) is 0 Å². The lowest BCUT2D eigenvalue weighted by Crippen LogP contribution is -2.37. The van der Waals surface area contributed by atoms with Gasteiger partial charge in [0, 0.05) is 18.5 Å². The van der Waals surface area contributed by atoms with Crippen LogP contribution in [0, 0.1) is 0 Å². The van der Waals surface area contributed by atoms with Crippen LogP contribution < -0.4 is 0 Å². The molecular weight excluding hydrogens is 220 g/mol. The van der Waals surface area contributed by atoms with Gasteiger partial charge in [-0.1, -0.05) is 35.5 Å². The van der Waals surface area contributed by atoms with E-state index in [0.717, 1.165) is 5.56 Å². The number of hydrogen-bond donors (Lipinski definition) is 2. The van der Waals surface area contributed by atoms with Crippen molar-refractivity contribution in [2.45, 2.75) is 25.7 Å². The highest BCUT2D eigenvalue weighted by atomic mass is 16.8. The molecule has 0 spiro atoms. The van der Waals surface area contributed by atoms with Crippen LogP contribution in [0.5, 0.6) is 0 Å². The topological polar surface area (TPSA) is 65.3 Å². The van der Waals surface area contributed by atoms with E-state index in [4.69, 9.17) is 10.0 Å². The van der Waals surface area contributed by atoms with Gasteiger partial charge in [-0.2, -0.15) is 5.06 Å². The van der Waals surface area contributed by atoms with Crippen LogP contribution in [0.15, 0.2) is 35.5 Å². The SMILES string of the molecule is C[C@H](/C(=N\O)c1ccccc1)N1CC[C@@H](O)O1. The zero-order valence-corrected chi connectivity index (χ0v) is 9.65. The van der Waals surface area contributed by atoms with Crippen LogP contribution >= 0.6 is 0 Å². The van der Waals surface area contributed by atoms with Crippen molar-refractivity contribution in [1.82, 2.24) is 5.06 Å². The molecule has 0 saturated carbocycles. The number of hydroxylamine groups is 2. The Labute approximate surface area is 99.9 Å². The van der Waals surface area contributed by atoms with Gasteiger partial charge in [-0.05, 0) is 6.92 Å². The molecule has 1 aliphatic heterocycles. The van der Waals surface area contributed by atoms with Crippen LogP contribution in [0.25, 0.3) is 0 Å². The number of aliphatic hydroxyl groups is 1. The second-order valence-corrected chi connectivity index (χ2v) is 4.02. The van der Waals surface area contributed by atoms with Crippen molar-refractivity contribution >= 4 is 5.71 Å². The van der Waals surface area contributed by atoms with Crippen molar-refractivity contribution < 1.29 is 15.2 Å². The highest BCUT2D eigenvalue weighted by Crippen LogP contribution is 2.17. The van der Waals surface area contributed by atoms with Gasteiger partial charge in [0.15, 0.2) is 6.29 Å². The monoisotopic (exact) mass is 236 g/mol. The molecule has 1 aromatic rings. The summed E-state index contributed by atoms with van der Waals surface area (Å²) < 4.78 is 0. The fraction of sp³-hybridized carbons (Fsp3) is 0.417. The van der Waals surface area contributed by atoms with Crippen molar-refractivity contribution in [3.63, 3.8) is 0 Å². The van der Waals surface area contributed by atoms with Crippen molar-refractivity contribution in [1.29, 1.82) is 0 Å². The fourth-order valence-electron chi connectivity index (χ4n) is 1.91. The molecule has 0 amide bonds. The van der Waals surface area contributed by atoms with E-state index in [1.165, 1.54) is 0 Å². The first kappa shape index (κ1) is 12.0. The minimum absolute atomic E-state index is 0.209. The second-order valence-electron chi connectivity index (χ2n) is 4.02. The van der Waals surface area contributed by atoms with Crippen LogP contribution in [0.1, 0.15) is 18.9 Å². The predicted molar refractivity (Wildman–Crippen MR) is 62.6 cm³/mol. The van der Waals surface area contributed by atoms with E-state index in [-0.39, 0.29) is 6.04 Å². The van der Waals surface area contributed by atoms with Gasteiger partial charge in [0.05, 0.1) is 6.04 Å². The first-order chi connectivity index (χ1) is 8.22. The Morgan fingerprint density at radius 2 is 2.18 bits per heavy atom. The third-order valence-electron chi connectivity index (χ3n) is 2.86. The lowest BCUT2D eigenvalue weighted by Gasteiger charge is -2.23. The molecule has 0 radical (unpaired) electrons. The molecule has 2 atom stereocenters. The number of rotatable bonds is 3. The average Bonchev–Trinajstić information content (AvgIpc) is 2.78. The number of hydrogen-bond acceptors (Lipinski definition) is 5. The van der Waals surface area contributed by atoms with Crippen molar-refractivity contribution in [3.8, 4) is 0 Å². The van der Waals surface area contributed by atoms with Crippen molar-refractivity contribution in [2.75, 3.05) is 6.54 Å². The third kappa shape index (κ3) is 2.63. The van der Waals surface area contributed by atoms with Crippen LogP contribution in [0.4, 0.5) is 0 Å². The van der Waals surface area contributed by atoms with E-state index in [9.17, 15) is 5.11 Å². The lowest BCUT2D eigenvalue weighted by molar-refractivity contribution is -0.218. The number of nitrogens with zero attached hydrogens (tertiary/aromatic N) is 2. The quantitative estimate of drug-likeness (QED) is 0.470. The Hall–Kier alpha value is -1.43. The maximum Gasteiger partial charge on any atom is 0.176 e. The maximum atomic E-state index is 9.31. The minimum Gasteiger partial charge on any atom is -0.411 e. The summed E-state index contributed by atoms with van der Waals surface area (Å²) in [7, 11) is 0. The molecule has 92 valence electrons. The third-order valence-corrected chi connectivity index (χ3v) is 2.86. The minimum atomic E-state index is -0.756. The maximum absolute atomic E-state index is 9.31. The second kappa shape index (κ2) is 5.27. The molecule has 1 saturated heterocycles. The van der Waals surface area contributed by atoms with Gasteiger partial charge in [0.25, 0.3) is 0 Å². The van der Waals surface area contributed by atoms with E-state index >= 15 is 0 Å². The van der Waals surface area contributed by atoms with Crippen LogP contribution in [0.3, 0.4) is 0 Å². The van der Waals surface area contributed by atoms with Crippen LogP contribution in [-0.4, -0.2) is 40.0 Å². The van der Waals surface area contributed by atoms with Crippen LogP contribution in [0.2, 0.25) is 0 Å². The molecular formula is C12H16N2O3. The molecule has 0 aliphatic carbocycles. The van der Waals surface area contributed by atoms with Gasteiger partial charge in [-0.3, -0.25) is 4.84 Å². The summed E-state index contributed by atoms with van der Waals surface area (Å²) in [6, 6.07) is 9.20. The molecule has 0 unspecified atom stereocenters. The predicted octanol–water partition coefficient (Wildman–Crippen LogP) is 1.21. The standard InChI is InChI=1S/C12H16N2O3/c1-9(14-8-7-11(15)17-14)12(13-16)10-5-3-2-4-6-10/h2-6,9,11,15-16H,7-8H2,1H3/b13-12+/t9-,11+/m1/s1. The molecule has 0 bridgehead atoms. The molecule has 17 heavy (non-hydrogen) atoms. The first-order valence-corrected chi connectivity index (χ1v) is 5.61. The van der Waals surface area contributed by atoms with Crippen LogP contribution in [-0.2, 0) is 4.84 Å². The Morgan fingerprint density at radius 1 is 1.47 bits per heavy atom. The zero-order valence-electron chi connectivity index (χ0n) is 9.65. The van der Waals surface area contributed by atoms with E-state index in [0.29, 0.717) is 18.7 Å². The van der Waals surface area contributed by atoms with E-state index in [2.05, 4.69) is 5.16 Å². The summed E-state index contributed by atoms with van der Waals surface area (Å²) in [5, 5.41) is 23.4. The molecule has 5 heteroatoms. The molecule has 1 aromatic carbocycles. The van der Waals surface area contributed by atoms with Crippen molar-refractivity contribution in [2.24, 2.45) is 5.16 Å². The van der Waals surface area contributed by atoms with E-state index < -0.39 is 6.29 Å². The lowest BCUT2D eigenvalue weighted by atomic mass is 10.0. The molecule has 2 N–H and O–H groups in total. The first-order valence-electron chi connectivity index (χ1n) is 5.61. The fourth-order valence-corrected chi connectivity index (χ4v) is 1.91. The number of benzene rings is 1. The summed E-state index contributed by atoms with van der Waals surface area (Å²) in [6.45, 7) is 2.49. The highest BCUT2D eigenvalue weighted by molar-refractivity contribution is 6.03. The Bertz CT molecular complexity index is 394. The van der Waals surface area contributed by atoms with Gasteiger partial charge in [-0.15, -0.1) is 0 Å². The molecule has 5 nitrogen and oxygen atoms in total. The largest absolute Gasteiger partial charge is 0.411 e. The summed E-state index contributed by atoms with van der Waals surface area (Å²) in [5.74, 6) is 0. The Kier molecular flexibility index (Phi) is 3.73. The molecule has 2 rings (SSSR count). The van der Waals surface area contributed by atoms with E-state index in [1.54, 1.807) is 5.06 Å². The van der Waals surface area contributed by atoms with Gasteiger partial charge < -0.3 is 10.3 Å². The summed E-state index contributed by atoms with van der Waals surface area (Å²) in [4.78, 5) is 5.22. The van der Waals surface area contributed by atoms with Gasteiger partial charge >= 0.3 is 0 Å². The Balaban J connectivity index is 2.14. The summed E-state index contributed by atoms with van der Waals surface area (Å²) >= 11 is 0. The summed E-state index contributed by atoms with van der Waals surface area (Å²) in [6.07, 6.45) is -0.189. The zero-order chi connectivity index (χ0) is 12.3. The molecule has 1 aliphatic rings. The number of aliphatic hydroxyl groups excluding tert-OH is 1. The molecule has 0 aromatic heterocycles. The molecule has 1 fully saturated rings. The van der Waals surface area contributed by atoms with E-state index in [1.807, 2.05) is 37.3 Å². The Morgan fingerprint density at radius 3 is 2.71 bits per heavy atom. The number of oxime groups is 1. The highest BCUT2D eigenvalue weighted by Gasteiger charge is 2.29. The normalized spacial score (nSPS) is 23.9. The van der Waals surface area contributed by atoms with Crippen molar-refractivity contribution in [3.05, 3.63) is 35.9 Å². The van der Waals surface area contributed by atoms with Gasteiger partial charge in [-0.25, -0.2) is 0 Å². The average molecular weight is 236 g/mol. The van der Waals surface area contributed by atoms with Gasteiger partial charge in [0.1, 0.15) is 5.71 Å². The smallest absolute Gasteiger partial charge is 0.176 e.